The largest absolute Gasteiger partial charge is 0.508 e. The quantitative estimate of drug-likeness (QED) is 0.319. The van der Waals surface area contributed by atoms with Gasteiger partial charge in [0.1, 0.15) is 11.5 Å². The van der Waals surface area contributed by atoms with Crippen LogP contribution in [0.2, 0.25) is 0 Å². The molecule has 2 amide bonds. The van der Waals surface area contributed by atoms with E-state index in [2.05, 4.69) is 19.1 Å². The molecule has 0 fully saturated rings. The van der Waals surface area contributed by atoms with Gasteiger partial charge < -0.3 is 9.84 Å². The molecule has 0 bridgehead atoms. The van der Waals surface area contributed by atoms with Crippen LogP contribution in [0.1, 0.15) is 70.4 Å². The van der Waals surface area contributed by atoms with Gasteiger partial charge in [0.25, 0.3) is 11.8 Å². The van der Waals surface area contributed by atoms with Crippen LogP contribution < -0.4 is 4.74 Å². The SMILES string of the molecule is CCC(c1ccc(O)cc1)c1ccc(OCCCCCN2C(=O)c3ccccc3C2=O)cc1. The zero-order valence-electron chi connectivity index (χ0n) is 18.9. The molecule has 1 heterocycles. The third-order valence-corrected chi connectivity index (χ3v) is 6.16. The molecule has 1 aliphatic heterocycles. The van der Waals surface area contributed by atoms with Crippen LogP contribution in [0.3, 0.4) is 0 Å². The number of phenolic OH excluding ortho intramolecular Hbond substituents is 1. The lowest BCUT2D eigenvalue weighted by molar-refractivity contribution is 0.0651. The van der Waals surface area contributed by atoms with E-state index in [0.29, 0.717) is 24.3 Å². The van der Waals surface area contributed by atoms with E-state index >= 15 is 0 Å². The molecular weight excluding hydrogens is 414 g/mol. The normalized spacial score (nSPS) is 13.8. The first-order chi connectivity index (χ1) is 16.1. The van der Waals surface area contributed by atoms with E-state index in [9.17, 15) is 14.7 Å². The molecule has 33 heavy (non-hydrogen) atoms. The number of hydrogen-bond acceptors (Lipinski definition) is 4. The summed E-state index contributed by atoms with van der Waals surface area (Å²) in [5.41, 5.74) is 3.41. The Balaban J connectivity index is 1.20. The summed E-state index contributed by atoms with van der Waals surface area (Å²) in [6, 6.07) is 22.6. The first kappa shape index (κ1) is 22.6. The van der Waals surface area contributed by atoms with E-state index in [-0.39, 0.29) is 23.5 Å². The van der Waals surface area contributed by atoms with Crippen LogP contribution in [0.15, 0.2) is 72.8 Å². The van der Waals surface area contributed by atoms with Crippen molar-refractivity contribution in [2.45, 2.75) is 38.5 Å². The minimum Gasteiger partial charge on any atom is -0.508 e. The second-order valence-corrected chi connectivity index (χ2v) is 8.34. The van der Waals surface area contributed by atoms with Crippen molar-refractivity contribution in [3.8, 4) is 11.5 Å². The van der Waals surface area contributed by atoms with Crippen LogP contribution in [0.4, 0.5) is 0 Å². The molecule has 1 aliphatic rings. The van der Waals surface area contributed by atoms with E-state index in [4.69, 9.17) is 4.74 Å². The number of aromatic hydroxyl groups is 1. The van der Waals surface area contributed by atoms with Crippen molar-refractivity contribution in [2.24, 2.45) is 0 Å². The van der Waals surface area contributed by atoms with Crippen molar-refractivity contribution in [3.05, 3.63) is 95.1 Å². The maximum Gasteiger partial charge on any atom is 0.261 e. The molecule has 0 saturated heterocycles. The van der Waals surface area contributed by atoms with E-state index < -0.39 is 0 Å². The zero-order chi connectivity index (χ0) is 23.2. The molecule has 1 unspecified atom stereocenters. The number of ether oxygens (including phenoxy) is 1. The van der Waals surface area contributed by atoms with Crippen molar-refractivity contribution in [3.63, 3.8) is 0 Å². The summed E-state index contributed by atoms with van der Waals surface area (Å²) in [7, 11) is 0. The van der Waals surface area contributed by atoms with Gasteiger partial charge in [-0.05, 0) is 73.2 Å². The number of phenols is 1. The number of benzene rings is 3. The van der Waals surface area contributed by atoms with E-state index in [1.54, 1.807) is 36.4 Å². The van der Waals surface area contributed by atoms with E-state index in [0.717, 1.165) is 31.4 Å². The maximum absolute atomic E-state index is 12.4. The monoisotopic (exact) mass is 443 g/mol. The molecule has 3 aromatic rings. The smallest absolute Gasteiger partial charge is 0.261 e. The van der Waals surface area contributed by atoms with Crippen molar-refractivity contribution >= 4 is 11.8 Å². The fraction of sp³-hybridized carbons (Fsp3) is 0.286. The molecule has 1 atom stereocenters. The highest BCUT2D eigenvalue weighted by molar-refractivity contribution is 6.21. The Morgan fingerprint density at radius 2 is 1.36 bits per heavy atom. The minimum absolute atomic E-state index is 0.190. The molecular formula is C28H29NO4. The average molecular weight is 444 g/mol. The molecule has 4 rings (SSSR count). The number of hydrogen-bond donors (Lipinski definition) is 1. The average Bonchev–Trinajstić information content (AvgIpc) is 3.08. The predicted molar refractivity (Wildman–Crippen MR) is 128 cm³/mol. The molecule has 0 spiro atoms. The van der Waals surface area contributed by atoms with Crippen LogP contribution >= 0.6 is 0 Å². The summed E-state index contributed by atoms with van der Waals surface area (Å²) in [5.74, 6) is 1.01. The maximum atomic E-state index is 12.4. The van der Waals surface area contributed by atoms with Gasteiger partial charge >= 0.3 is 0 Å². The number of carbonyl (C=O) groups is 2. The number of unbranched alkanes of at least 4 members (excludes halogenated alkanes) is 2. The second-order valence-electron chi connectivity index (χ2n) is 8.34. The molecule has 5 heteroatoms. The van der Waals surface area contributed by atoms with Gasteiger partial charge in [-0.2, -0.15) is 0 Å². The second kappa shape index (κ2) is 10.3. The van der Waals surface area contributed by atoms with Gasteiger partial charge in [-0.1, -0.05) is 43.3 Å². The first-order valence-corrected chi connectivity index (χ1v) is 11.6. The minimum atomic E-state index is -0.190. The van der Waals surface area contributed by atoms with Gasteiger partial charge in [0.2, 0.25) is 0 Å². The Kier molecular flexibility index (Phi) is 7.08. The number of nitrogens with zero attached hydrogens (tertiary/aromatic N) is 1. The van der Waals surface area contributed by atoms with Crippen LogP contribution in [-0.4, -0.2) is 35.0 Å². The van der Waals surface area contributed by atoms with Gasteiger partial charge in [-0.3, -0.25) is 14.5 Å². The summed E-state index contributed by atoms with van der Waals surface area (Å²) in [6.45, 7) is 3.19. The summed E-state index contributed by atoms with van der Waals surface area (Å²) >= 11 is 0. The molecule has 0 aliphatic carbocycles. The molecule has 0 radical (unpaired) electrons. The number of rotatable bonds is 10. The fourth-order valence-electron chi connectivity index (χ4n) is 4.35. The predicted octanol–water partition coefficient (Wildman–Crippen LogP) is 5.78. The van der Waals surface area contributed by atoms with Crippen molar-refractivity contribution in [2.75, 3.05) is 13.2 Å². The summed E-state index contributed by atoms with van der Waals surface area (Å²) in [5, 5.41) is 9.52. The zero-order valence-corrected chi connectivity index (χ0v) is 18.9. The van der Waals surface area contributed by atoms with Gasteiger partial charge in [0.15, 0.2) is 0 Å². The lowest BCUT2D eigenvalue weighted by Crippen LogP contribution is -2.30. The number of fused-ring (bicyclic) bond motifs is 1. The van der Waals surface area contributed by atoms with Gasteiger partial charge in [0, 0.05) is 12.5 Å². The summed E-state index contributed by atoms with van der Waals surface area (Å²) in [4.78, 5) is 26.1. The standard InChI is InChI=1S/C28H29NO4/c1-2-24(20-10-14-22(30)15-11-20)21-12-16-23(17-13-21)33-19-7-3-6-18-29-27(31)25-8-4-5-9-26(25)28(29)32/h4-5,8-17,24,30H,2-3,6-7,18-19H2,1H3. The molecule has 0 aromatic heterocycles. The molecule has 0 saturated carbocycles. The Morgan fingerprint density at radius 3 is 1.94 bits per heavy atom. The third-order valence-electron chi connectivity index (χ3n) is 6.16. The molecule has 170 valence electrons. The van der Waals surface area contributed by atoms with Crippen molar-refractivity contribution < 1.29 is 19.4 Å². The number of imide groups is 1. The lowest BCUT2D eigenvalue weighted by Gasteiger charge is -2.17. The number of amides is 2. The van der Waals surface area contributed by atoms with Crippen LogP contribution in [-0.2, 0) is 0 Å². The third kappa shape index (κ3) is 5.08. The highest BCUT2D eigenvalue weighted by Crippen LogP contribution is 2.30. The van der Waals surface area contributed by atoms with Gasteiger partial charge in [-0.25, -0.2) is 0 Å². The molecule has 5 nitrogen and oxygen atoms in total. The van der Waals surface area contributed by atoms with Crippen molar-refractivity contribution in [1.29, 1.82) is 0 Å². The van der Waals surface area contributed by atoms with Crippen LogP contribution in [0, 0.1) is 0 Å². The first-order valence-electron chi connectivity index (χ1n) is 11.6. The topological polar surface area (TPSA) is 66.8 Å². The van der Waals surface area contributed by atoms with Gasteiger partial charge in [-0.15, -0.1) is 0 Å². The van der Waals surface area contributed by atoms with Crippen molar-refractivity contribution in [1.82, 2.24) is 4.90 Å². The Morgan fingerprint density at radius 1 is 0.788 bits per heavy atom. The summed E-state index contributed by atoms with van der Waals surface area (Å²) < 4.78 is 5.88. The van der Waals surface area contributed by atoms with E-state index in [1.807, 2.05) is 24.3 Å². The summed E-state index contributed by atoms with van der Waals surface area (Å²) in [6.07, 6.45) is 3.47. The van der Waals surface area contributed by atoms with Crippen LogP contribution in [0.5, 0.6) is 11.5 Å². The van der Waals surface area contributed by atoms with E-state index in [1.165, 1.54) is 16.0 Å². The lowest BCUT2D eigenvalue weighted by atomic mass is 9.89. The van der Waals surface area contributed by atoms with Gasteiger partial charge in [0.05, 0.1) is 17.7 Å². The molecule has 1 N–H and O–H groups in total. The molecule has 3 aromatic carbocycles. The Labute approximate surface area is 194 Å². The Hall–Kier alpha value is -3.60. The fourth-order valence-corrected chi connectivity index (χ4v) is 4.35. The number of carbonyl (C=O) groups excluding carboxylic acids is 2. The highest BCUT2D eigenvalue weighted by Gasteiger charge is 2.34. The van der Waals surface area contributed by atoms with Crippen LogP contribution in [0.25, 0.3) is 0 Å². The Bertz CT molecular complexity index is 1070. The highest BCUT2D eigenvalue weighted by atomic mass is 16.5.